The summed E-state index contributed by atoms with van der Waals surface area (Å²) in [4.78, 5) is 15.2. The van der Waals surface area contributed by atoms with Gasteiger partial charge in [0.25, 0.3) is 5.91 Å². The van der Waals surface area contributed by atoms with Crippen LogP contribution < -0.4 is 4.74 Å². The molecule has 144 valence electrons. The Kier molecular flexibility index (Phi) is 5.41. The van der Waals surface area contributed by atoms with Crippen molar-refractivity contribution in [3.63, 3.8) is 0 Å². The topological polar surface area (TPSA) is 60.2 Å². The smallest absolute Gasteiger partial charge is 0.254 e. The molecule has 2 aliphatic rings. The molecule has 1 atom stereocenters. The number of aryl methyl sites for hydroxylation is 1. The highest BCUT2D eigenvalue weighted by molar-refractivity contribution is 5.95. The molecule has 6 heteroatoms. The van der Waals surface area contributed by atoms with Gasteiger partial charge in [-0.3, -0.25) is 4.79 Å². The summed E-state index contributed by atoms with van der Waals surface area (Å²) < 4.78 is 7.97. The number of aromatic nitrogens is 3. The van der Waals surface area contributed by atoms with Gasteiger partial charge in [-0.05, 0) is 50.3 Å². The van der Waals surface area contributed by atoms with E-state index in [4.69, 9.17) is 4.74 Å². The molecule has 0 N–H and O–H groups in total. The minimum Gasteiger partial charge on any atom is -0.494 e. The van der Waals surface area contributed by atoms with Crippen LogP contribution >= 0.6 is 0 Å². The summed E-state index contributed by atoms with van der Waals surface area (Å²) in [5.74, 6) is 2.87. The van der Waals surface area contributed by atoms with Gasteiger partial charge in [0.1, 0.15) is 11.6 Å². The predicted octanol–water partition coefficient (Wildman–Crippen LogP) is 3.77. The molecule has 0 saturated carbocycles. The lowest BCUT2D eigenvalue weighted by Gasteiger charge is -2.25. The van der Waals surface area contributed by atoms with E-state index in [9.17, 15) is 4.79 Å². The van der Waals surface area contributed by atoms with Gasteiger partial charge in [0.05, 0.1) is 12.6 Å². The quantitative estimate of drug-likeness (QED) is 0.806. The molecular weight excluding hydrogens is 340 g/mol. The van der Waals surface area contributed by atoms with Crippen molar-refractivity contribution in [3.8, 4) is 5.75 Å². The van der Waals surface area contributed by atoms with E-state index in [2.05, 4.69) is 21.7 Å². The van der Waals surface area contributed by atoms with E-state index >= 15 is 0 Å². The maximum atomic E-state index is 13.2. The van der Waals surface area contributed by atoms with Gasteiger partial charge in [-0.25, -0.2) is 0 Å². The summed E-state index contributed by atoms with van der Waals surface area (Å²) in [7, 11) is 0. The van der Waals surface area contributed by atoms with E-state index in [0.717, 1.165) is 62.6 Å². The Morgan fingerprint density at radius 1 is 1.19 bits per heavy atom. The number of benzene rings is 1. The van der Waals surface area contributed by atoms with Crippen LogP contribution in [0.15, 0.2) is 24.3 Å². The fourth-order valence-corrected chi connectivity index (χ4v) is 4.14. The van der Waals surface area contributed by atoms with Gasteiger partial charge >= 0.3 is 0 Å². The molecular formula is C21H28N4O2. The average molecular weight is 368 g/mol. The van der Waals surface area contributed by atoms with Crippen LogP contribution in [0.4, 0.5) is 0 Å². The number of amides is 1. The molecule has 0 bridgehead atoms. The van der Waals surface area contributed by atoms with Crippen molar-refractivity contribution in [3.05, 3.63) is 41.5 Å². The minimum absolute atomic E-state index is 0.0251. The maximum absolute atomic E-state index is 13.2. The molecule has 2 aromatic rings. The molecule has 1 amide bonds. The first-order valence-electron chi connectivity index (χ1n) is 10.2. The highest BCUT2D eigenvalue weighted by atomic mass is 16.5. The molecule has 6 nitrogen and oxygen atoms in total. The second-order valence-electron chi connectivity index (χ2n) is 7.47. The lowest BCUT2D eigenvalue weighted by molar-refractivity contribution is 0.0726. The van der Waals surface area contributed by atoms with Gasteiger partial charge in [0.15, 0.2) is 5.82 Å². The van der Waals surface area contributed by atoms with E-state index in [1.165, 1.54) is 12.8 Å². The van der Waals surface area contributed by atoms with Gasteiger partial charge in [-0.2, -0.15) is 0 Å². The van der Waals surface area contributed by atoms with Crippen LogP contribution in [0.3, 0.4) is 0 Å². The first kappa shape index (κ1) is 18.0. The number of nitrogens with zero attached hydrogens (tertiary/aromatic N) is 4. The molecule has 1 saturated heterocycles. The second kappa shape index (κ2) is 8.11. The standard InChI is InChI=1S/C21H28N4O2/c1-2-14-27-17-9-6-8-16(15-17)21(26)24-13-7-10-18(24)20-23-22-19-11-4-3-5-12-25(19)20/h6,8-9,15,18H,2-5,7,10-14H2,1H3. The first-order valence-corrected chi connectivity index (χ1v) is 10.2. The molecule has 1 aromatic carbocycles. The third-order valence-electron chi connectivity index (χ3n) is 5.50. The minimum atomic E-state index is 0.0251. The van der Waals surface area contributed by atoms with Gasteiger partial charge in [0.2, 0.25) is 0 Å². The normalized spacial score (nSPS) is 19.6. The van der Waals surface area contributed by atoms with Crippen molar-refractivity contribution in [2.45, 2.75) is 64.5 Å². The Morgan fingerprint density at radius 3 is 3.00 bits per heavy atom. The summed E-state index contributed by atoms with van der Waals surface area (Å²) >= 11 is 0. The Balaban J connectivity index is 1.57. The second-order valence-corrected chi connectivity index (χ2v) is 7.47. The van der Waals surface area contributed by atoms with Crippen LogP contribution in [0.25, 0.3) is 0 Å². The largest absolute Gasteiger partial charge is 0.494 e. The Morgan fingerprint density at radius 2 is 2.11 bits per heavy atom. The third-order valence-corrected chi connectivity index (χ3v) is 5.50. The molecule has 0 spiro atoms. The van der Waals surface area contributed by atoms with Crippen LogP contribution in [-0.2, 0) is 13.0 Å². The number of likely N-dealkylation sites (tertiary alicyclic amines) is 1. The predicted molar refractivity (Wildman–Crippen MR) is 103 cm³/mol. The van der Waals surface area contributed by atoms with E-state index in [1.54, 1.807) is 0 Å². The van der Waals surface area contributed by atoms with Crippen molar-refractivity contribution in [2.75, 3.05) is 13.2 Å². The Hall–Kier alpha value is -2.37. The van der Waals surface area contributed by atoms with Gasteiger partial charge in [0, 0.05) is 25.1 Å². The maximum Gasteiger partial charge on any atom is 0.254 e. The summed E-state index contributed by atoms with van der Waals surface area (Å²) in [6.07, 6.45) is 7.47. The summed E-state index contributed by atoms with van der Waals surface area (Å²) in [6, 6.07) is 7.56. The van der Waals surface area contributed by atoms with Crippen molar-refractivity contribution in [1.82, 2.24) is 19.7 Å². The molecule has 4 rings (SSSR count). The number of hydrogen-bond acceptors (Lipinski definition) is 4. The summed E-state index contributed by atoms with van der Waals surface area (Å²) in [5, 5.41) is 8.93. The van der Waals surface area contributed by atoms with Crippen LogP contribution in [0, 0.1) is 0 Å². The molecule has 0 aliphatic carbocycles. The zero-order valence-corrected chi connectivity index (χ0v) is 16.1. The monoisotopic (exact) mass is 368 g/mol. The molecule has 1 fully saturated rings. The number of hydrogen-bond donors (Lipinski definition) is 0. The first-order chi connectivity index (χ1) is 13.3. The van der Waals surface area contributed by atoms with Crippen molar-refractivity contribution in [2.24, 2.45) is 0 Å². The van der Waals surface area contributed by atoms with Crippen molar-refractivity contribution in [1.29, 1.82) is 0 Å². The summed E-state index contributed by atoms with van der Waals surface area (Å²) in [6.45, 7) is 4.48. The zero-order chi connectivity index (χ0) is 18.6. The van der Waals surface area contributed by atoms with E-state index < -0.39 is 0 Å². The van der Waals surface area contributed by atoms with Crippen molar-refractivity contribution >= 4 is 5.91 Å². The van der Waals surface area contributed by atoms with Crippen LogP contribution in [0.1, 0.15) is 73.5 Å². The molecule has 27 heavy (non-hydrogen) atoms. The number of ether oxygens (including phenoxy) is 1. The highest BCUT2D eigenvalue weighted by Crippen LogP contribution is 2.33. The average Bonchev–Trinajstić information content (AvgIpc) is 3.26. The van der Waals surface area contributed by atoms with Gasteiger partial charge < -0.3 is 14.2 Å². The van der Waals surface area contributed by atoms with E-state index in [-0.39, 0.29) is 11.9 Å². The number of fused-ring (bicyclic) bond motifs is 1. The SMILES string of the molecule is CCCOc1cccc(C(=O)N2CCCC2c2nnc3n2CCCCC3)c1. The van der Waals surface area contributed by atoms with Crippen LogP contribution in [0.5, 0.6) is 5.75 Å². The summed E-state index contributed by atoms with van der Waals surface area (Å²) in [5.41, 5.74) is 0.686. The third kappa shape index (κ3) is 3.70. The zero-order valence-electron chi connectivity index (χ0n) is 16.1. The molecule has 2 aliphatic heterocycles. The number of carbonyl (C=O) groups is 1. The molecule has 0 radical (unpaired) electrons. The highest BCUT2D eigenvalue weighted by Gasteiger charge is 2.35. The fraction of sp³-hybridized carbons (Fsp3) is 0.571. The molecule has 3 heterocycles. The lowest BCUT2D eigenvalue weighted by Crippen LogP contribution is -2.32. The lowest BCUT2D eigenvalue weighted by atomic mass is 10.1. The van der Waals surface area contributed by atoms with E-state index in [0.29, 0.717) is 12.2 Å². The Labute approximate surface area is 160 Å². The molecule has 1 aromatic heterocycles. The van der Waals surface area contributed by atoms with Gasteiger partial charge in [-0.15, -0.1) is 10.2 Å². The Bertz CT molecular complexity index is 801. The van der Waals surface area contributed by atoms with E-state index in [1.807, 2.05) is 29.2 Å². The van der Waals surface area contributed by atoms with Crippen LogP contribution in [-0.4, -0.2) is 38.7 Å². The number of carbonyl (C=O) groups excluding carboxylic acids is 1. The molecule has 1 unspecified atom stereocenters. The number of rotatable bonds is 5. The fourth-order valence-electron chi connectivity index (χ4n) is 4.14. The van der Waals surface area contributed by atoms with Gasteiger partial charge in [-0.1, -0.05) is 19.4 Å². The van der Waals surface area contributed by atoms with Crippen LogP contribution in [0.2, 0.25) is 0 Å². The van der Waals surface area contributed by atoms with Crippen molar-refractivity contribution < 1.29 is 9.53 Å².